The van der Waals surface area contributed by atoms with Crippen LogP contribution in [0.15, 0.2) is 35.3 Å². The van der Waals surface area contributed by atoms with E-state index in [4.69, 9.17) is 9.47 Å². The van der Waals surface area contributed by atoms with Crippen LogP contribution >= 0.6 is 0 Å². The van der Waals surface area contributed by atoms with Gasteiger partial charge in [-0.05, 0) is 32.1 Å². The van der Waals surface area contributed by atoms with Crippen molar-refractivity contribution >= 4 is 23.5 Å². The van der Waals surface area contributed by atoms with E-state index in [1.165, 1.54) is 52.4 Å². The molecule has 7 nitrogen and oxygen atoms in total. The molecule has 0 fully saturated rings. The molecule has 0 aromatic rings. The van der Waals surface area contributed by atoms with Crippen LogP contribution in [-0.4, -0.2) is 36.7 Å². The highest BCUT2D eigenvalue weighted by Gasteiger charge is 2.30. The molecule has 0 saturated heterocycles. The maximum absolute atomic E-state index is 12.9. The van der Waals surface area contributed by atoms with Gasteiger partial charge in [-0.1, -0.05) is 64.0 Å². The van der Waals surface area contributed by atoms with Crippen LogP contribution in [0.5, 0.6) is 0 Å². The monoisotopic (exact) mass is 475 g/mol. The first kappa shape index (κ1) is 29.3. The van der Waals surface area contributed by atoms with Crippen LogP contribution in [0, 0.1) is 0 Å². The van der Waals surface area contributed by atoms with Gasteiger partial charge in [0.2, 0.25) is 11.6 Å². The van der Waals surface area contributed by atoms with Crippen molar-refractivity contribution in [1.82, 2.24) is 5.32 Å². The maximum atomic E-state index is 12.9. The van der Waals surface area contributed by atoms with E-state index < -0.39 is 17.7 Å². The Morgan fingerprint density at radius 2 is 1.50 bits per heavy atom. The average Bonchev–Trinajstić information content (AvgIpc) is 2.78. The average molecular weight is 476 g/mol. The Morgan fingerprint density at radius 3 is 2.12 bits per heavy atom. The lowest BCUT2D eigenvalue weighted by Crippen LogP contribution is -2.31. The van der Waals surface area contributed by atoms with Crippen LogP contribution in [0.4, 0.5) is 0 Å². The summed E-state index contributed by atoms with van der Waals surface area (Å²) in [5.41, 5.74) is 0.361. The minimum Gasteiger partial charge on any atom is -0.464 e. The van der Waals surface area contributed by atoms with Gasteiger partial charge in [0.25, 0.3) is 0 Å². The lowest BCUT2D eigenvalue weighted by Gasteiger charge is -2.19. The van der Waals surface area contributed by atoms with Gasteiger partial charge < -0.3 is 14.8 Å². The number of carbonyl (C=O) groups excluding carboxylic acids is 4. The number of allylic oxidation sites excluding steroid dienone is 4. The minimum absolute atomic E-state index is 0.0825. The van der Waals surface area contributed by atoms with Gasteiger partial charge in [0, 0.05) is 32.0 Å². The Hall–Kier alpha value is -2.70. The number of nitrogens with one attached hydrogen (secondary N) is 1. The molecule has 190 valence electrons. The number of carbonyl (C=O) groups is 4. The fourth-order valence-electron chi connectivity index (χ4n) is 3.68. The van der Waals surface area contributed by atoms with Crippen LogP contribution in [0.3, 0.4) is 0 Å². The first-order valence-electron chi connectivity index (χ1n) is 12.6. The third-order valence-corrected chi connectivity index (χ3v) is 5.45. The molecule has 0 radical (unpaired) electrons. The Bertz CT molecular complexity index is 778. The molecule has 0 bridgehead atoms. The summed E-state index contributed by atoms with van der Waals surface area (Å²) in [6.45, 7) is 5.00. The first-order chi connectivity index (χ1) is 16.4. The highest BCUT2D eigenvalue weighted by molar-refractivity contribution is 6.22. The zero-order valence-electron chi connectivity index (χ0n) is 21.1. The predicted octanol–water partition coefficient (Wildman–Crippen LogP) is 5.25. The van der Waals surface area contributed by atoms with Gasteiger partial charge in [0.15, 0.2) is 5.76 Å². The molecule has 0 amide bonds. The van der Waals surface area contributed by atoms with E-state index in [1.807, 2.05) is 0 Å². The molecule has 1 N–H and O–H groups in total. The summed E-state index contributed by atoms with van der Waals surface area (Å²) in [5, 5.41) is 2.84. The third kappa shape index (κ3) is 12.5. The van der Waals surface area contributed by atoms with Crippen LogP contribution in [0.25, 0.3) is 0 Å². The summed E-state index contributed by atoms with van der Waals surface area (Å²) in [5.74, 6) is -2.09. The predicted molar refractivity (Wildman–Crippen MR) is 132 cm³/mol. The first-order valence-corrected chi connectivity index (χ1v) is 12.6. The molecule has 0 saturated carbocycles. The number of unbranched alkanes of at least 4 members (excludes halogenated alkanes) is 9. The van der Waals surface area contributed by atoms with Crippen LogP contribution in [-0.2, 0) is 28.7 Å². The van der Waals surface area contributed by atoms with Crippen molar-refractivity contribution in [3.05, 3.63) is 35.3 Å². The second-order valence-electron chi connectivity index (χ2n) is 8.55. The lowest BCUT2D eigenvalue weighted by atomic mass is 9.93. The van der Waals surface area contributed by atoms with E-state index in [0.29, 0.717) is 6.42 Å². The third-order valence-electron chi connectivity index (χ3n) is 5.45. The van der Waals surface area contributed by atoms with Crippen molar-refractivity contribution in [3.63, 3.8) is 0 Å². The second kappa shape index (κ2) is 17.7. The zero-order chi connectivity index (χ0) is 25.2. The molecular formula is C27H41NO6. The summed E-state index contributed by atoms with van der Waals surface area (Å²) < 4.78 is 9.92. The van der Waals surface area contributed by atoms with Gasteiger partial charge in [-0.3, -0.25) is 19.2 Å². The fourth-order valence-corrected chi connectivity index (χ4v) is 3.68. The Labute approximate surface area is 204 Å². The summed E-state index contributed by atoms with van der Waals surface area (Å²) in [6, 6.07) is 0. The summed E-state index contributed by atoms with van der Waals surface area (Å²) in [7, 11) is 0. The number of esters is 2. The Balaban J connectivity index is 2.42. The molecule has 0 heterocycles. The van der Waals surface area contributed by atoms with E-state index in [0.717, 1.165) is 38.2 Å². The van der Waals surface area contributed by atoms with Crippen molar-refractivity contribution in [1.29, 1.82) is 0 Å². The van der Waals surface area contributed by atoms with Gasteiger partial charge >= 0.3 is 11.9 Å². The normalized spacial score (nSPS) is 13.9. The van der Waals surface area contributed by atoms with Crippen LogP contribution in [0.1, 0.15) is 97.8 Å². The van der Waals surface area contributed by atoms with Crippen molar-refractivity contribution in [2.24, 2.45) is 0 Å². The number of ketones is 2. The topological polar surface area (TPSA) is 98.8 Å². The number of Topliss-reactive ketones (excluding diaryl/α,β-unsaturated/α-hetero) is 1. The SMILES string of the molecule is CCCC/C=C\CCCCCCCCCC1=C(OC(C)=O)C(=O)C=C(NCCOC(C)=O)C1=O. The van der Waals surface area contributed by atoms with Crippen molar-refractivity contribution < 1.29 is 28.7 Å². The number of rotatable bonds is 18. The van der Waals surface area contributed by atoms with Crippen molar-refractivity contribution in [2.45, 2.75) is 97.8 Å². The molecule has 0 aromatic heterocycles. The molecule has 0 unspecified atom stereocenters. The largest absolute Gasteiger partial charge is 0.464 e. The fraction of sp³-hybridized carbons (Fsp3) is 0.630. The summed E-state index contributed by atoms with van der Waals surface area (Å²) in [4.78, 5) is 47.7. The van der Waals surface area contributed by atoms with Gasteiger partial charge in [0.05, 0.1) is 5.70 Å². The lowest BCUT2D eigenvalue weighted by molar-refractivity contribution is -0.141. The minimum atomic E-state index is -0.631. The van der Waals surface area contributed by atoms with Crippen molar-refractivity contribution in [2.75, 3.05) is 13.2 Å². The molecule has 1 aliphatic rings. The molecule has 0 aromatic carbocycles. The number of hydrogen-bond donors (Lipinski definition) is 1. The van der Waals surface area contributed by atoms with E-state index in [-0.39, 0.29) is 36.0 Å². The molecule has 0 atom stereocenters. The van der Waals surface area contributed by atoms with E-state index >= 15 is 0 Å². The van der Waals surface area contributed by atoms with Gasteiger partial charge in [-0.15, -0.1) is 0 Å². The Morgan fingerprint density at radius 1 is 0.882 bits per heavy atom. The molecule has 0 aliphatic heterocycles. The van der Waals surface area contributed by atoms with Crippen LogP contribution < -0.4 is 5.32 Å². The van der Waals surface area contributed by atoms with Crippen molar-refractivity contribution in [3.8, 4) is 0 Å². The van der Waals surface area contributed by atoms with E-state index in [2.05, 4.69) is 24.4 Å². The maximum Gasteiger partial charge on any atom is 0.308 e. The standard InChI is InChI=1S/C27H41NO6/c1-4-5-6-7-8-9-10-11-12-13-14-15-16-17-23-26(32)24(28-18-19-33-21(2)29)20-25(31)27(23)34-22(3)30/h7-8,20,28H,4-6,9-19H2,1-3H3/b8-7-. The van der Waals surface area contributed by atoms with Gasteiger partial charge in [-0.2, -0.15) is 0 Å². The molecule has 1 rings (SSSR count). The van der Waals surface area contributed by atoms with Crippen LogP contribution in [0.2, 0.25) is 0 Å². The smallest absolute Gasteiger partial charge is 0.308 e. The number of ether oxygens (including phenoxy) is 2. The second-order valence-corrected chi connectivity index (χ2v) is 8.55. The van der Waals surface area contributed by atoms with E-state index in [9.17, 15) is 19.2 Å². The highest BCUT2D eigenvalue weighted by Crippen LogP contribution is 2.24. The van der Waals surface area contributed by atoms with E-state index in [1.54, 1.807) is 0 Å². The molecule has 0 spiro atoms. The summed E-state index contributed by atoms with van der Waals surface area (Å²) >= 11 is 0. The molecule has 7 heteroatoms. The molecule has 1 aliphatic carbocycles. The summed E-state index contributed by atoms with van der Waals surface area (Å²) in [6.07, 6.45) is 18.4. The van der Waals surface area contributed by atoms with Gasteiger partial charge in [-0.25, -0.2) is 0 Å². The molecular weight excluding hydrogens is 434 g/mol. The Kier molecular flexibility index (Phi) is 15.3. The number of hydrogen-bond acceptors (Lipinski definition) is 7. The van der Waals surface area contributed by atoms with Gasteiger partial charge in [0.1, 0.15) is 6.61 Å². The molecule has 34 heavy (non-hydrogen) atoms. The zero-order valence-corrected chi connectivity index (χ0v) is 21.1. The quantitative estimate of drug-likeness (QED) is 0.125. The highest BCUT2D eigenvalue weighted by atomic mass is 16.5.